The maximum absolute atomic E-state index is 13.4. The molecule has 1 aromatic rings. The highest BCUT2D eigenvalue weighted by Gasteiger charge is 2.09. The monoisotopic (exact) mass is 261 g/mol. The maximum Gasteiger partial charge on any atom is 0.147 e. The fourth-order valence-electron chi connectivity index (χ4n) is 0.980. The zero-order valence-electron chi connectivity index (χ0n) is 7.65. The summed E-state index contributed by atoms with van der Waals surface area (Å²) in [7, 11) is 0. The summed E-state index contributed by atoms with van der Waals surface area (Å²) in [6.45, 7) is 2.01. The van der Waals surface area contributed by atoms with E-state index in [0.717, 1.165) is 5.57 Å². The average Bonchev–Trinajstić information content (AvgIpc) is 2.18. The number of hydrogen-bond acceptors (Lipinski definition) is 1. The first-order valence-electron chi connectivity index (χ1n) is 4.07. The third-order valence-electron chi connectivity index (χ3n) is 1.79. The van der Waals surface area contributed by atoms with Crippen LogP contribution in [0.15, 0.2) is 22.2 Å². The molecule has 1 aromatic carbocycles. The summed E-state index contributed by atoms with van der Waals surface area (Å²) in [4.78, 5) is 0. The molecule has 0 aliphatic carbocycles. The molecule has 76 valence electrons. The van der Waals surface area contributed by atoms with Crippen molar-refractivity contribution < 1.29 is 8.78 Å². The van der Waals surface area contributed by atoms with Crippen LogP contribution >= 0.6 is 15.9 Å². The Hall–Kier alpha value is -0.740. The molecule has 0 aliphatic rings. The zero-order valence-corrected chi connectivity index (χ0v) is 9.24. The minimum Gasteiger partial charge on any atom is -0.327 e. The van der Waals surface area contributed by atoms with Crippen LogP contribution in [-0.2, 0) is 0 Å². The minimum absolute atomic E-state index is 0.0534. The van der Waals surface area contributed by atoms with Gasteiger partial charge in [0.2, 0.25) is 0 Å². The highest BCUT2D eigenvalue weighted by atomic mass is 79.9. The first-order valence-corrected chi connectivity index (χ1v) is 4.86. The van der Waals surface area contributed by atoms with Gasteiger partial charge >= 0.3 is 0 Å². The van der Waals surface area contributed by atoms with Crippen LogP contribution in [0.4, 0.5) is 8.78 Å². The van der Waals surface area contributed by atoms with Crippen molar-refractivity contribution in [2.45, 2.75) is 6.92 Å². The Morgan fingerprint density at radius 2 is 2.14 bits per heavy atom. The van der Waals surface area contributed by atoms with Gasteiger partial charge in [0.05, 0.1) is 4.47 Å². The quantitative estimate of drug-likeness (QED) is 0.814. The summed E-state index contributed by atoms with van der Waals surface area (Å²) < 4.78 is 26.8. The second kappa shape index (κ2) is 4.66. The minimum atomic E-state index is -0.599. The molecule has 1 nitrogen and oxygen atoms in total. The van der Waals surface area contributed by atoms with Gasteiger partial charge in [0.1, 0.15) is 11.6 Å². The summed E-state index contributed by atoms with van der Waals surface area (Å²) in [6.07, 6.45) is 1.41. The van der Waals surface area contributed by atoms with E-state index in [1.54, 1.807) is 6.92 Å². The smallest absolute Gasteiger partial charge is 0.147 e. The lowest BCUT2D eigenvalue weighted by atomic mass is 10.1. The van der Waals surface area contributed by atoms with Crippen LogP contribution in [0.2, 0.25) is 0 Å². The summed E-state index contributed by atoms with van der Waals surface area (Å²) in [5.74, 6) is -1.18. The van der Waals surface area contributed by atoms with E-state index in [9.17, 15) is 8.78 Å². The molecule has 0 fully saturated rings. The van der Waals surface area contributed by atoms with Gasteiger partial charge in [0, 0.05) is 12.1 Å². The number of halogens is 3. The highest BCUT2D eigenvalue weighted by Crippen LogP contribution is 2.23. The van der Waals surface area contributed by atoms with Crippen molar-refractivity contribution in [1.82, 2.24) is 0 Å². The van der Waals surface area contributed by atoms with Crippen molar-refractivity contribution in [2.75, 3.05) is 6.54 Å². The Morgan fingerprint density at radius 3 is 2.71 bits per heavy atom. The number of rotatable bonds is 2. The second-order valence-electron chi connectivity index (χ2n) is 2.95. The molecule has 0 amide bonds. The molecule has 1 rings (SSSR count). The van der Waals surface area contributed by atoms with E-state index in [0.29, 0.717) is 0 Å². The van der Waals surface area contributed by atoms with Crippen molar-refractivity contribution in [3.63, 3.8) is 0 Å². The topological polar surface area (TPSA) is 26.0 Å². The normalized spacial score (nSPS) is 11.9. The average molecular weight is 262 g/mol. The molecule has 14 heavy (non-hydrogen) atoms. The summed E-state index contributed by atoms with van der Waals surface area (Å²) in [5.41, 5.74) is 6.00. The number of nitrogens with two attached hydrogens (primary N) is 1. The molecular formula is C10H10BrF2N. The van der Waals surface area contributed by atoms with E-state index < -0.39 is 11.6 Å². The van der Waals surface area contributed by atoms with Crippen LogP contribution in [0.1, 0.15) is 12.5 Å². The summed E-state index contributed by atoms with van der Waals surface area (Å²) >= 11 is 2.99. The zero-order chi connectivity index (χ0) is 10.7. The molecule has 0 spiro atoms. The predicted molar refractivity (Wildman–Crippen MR) is 56.8 cm³/mol. The third-order valence-corrected chi connectivity index (χ3v) is 2.40. The summed E-state index contributed by atoms with van der Waals surface area (Å²) in [6, 6.07) is 2.54. The molecule has 0 saturated heterocycles. The lowest BCUT2D eigenvalue weighted by molar-refractivity contribution is 0.574. The molecular weight excluding hydrogens is 252 g/mol. The SMILES string of the molecule is C/C(=C/c1c(F)ccc(Br)c1F)CN. The van der Waals surface area contributed by atoms with Crippen molar-refractivity contribution in [3.8, 4) is 0 Å². The van der Waals surface area contributed by atoms with Gasteiger partial charge in [-0.05, 0) is 41.1 Å². The van der Waals surface area contributed by atoms with Gasteiger partial charge in [-0.1, -0.05) is 5.57 Å². The largest absolute Gasteiger partial charge is 0.327 e. The fraction of sp³-hybridized carbons (Fsp3) is 0.200. The standard InChI is InChI=1S/C10H10BrF2N/c1-6(5-14)4-7-9(12)3-2-8(11)10(7)13/h2-4H,5,14H2,1H3/b6-4-. The first kappa shape index (κ1) is 11.3. The fourth-order valence-corrected chi connectivity index (χ4v) is 1.33. The molecule has 2 N–H and O–H groups in total. The second-order valence-corrected chi connectivity index (χ2v) is 3.81. The van der Waals surface area contributed by atoms with E-state index in [4.69, 9.17) is 5.73 Å². The summed E-state index contributed by atoms with van der Waals surface area (Å²) in [5, 5.41) is 0. The maximum atomic E-state index is 13.4. The third kappa shape index (κ3) is 2.39. The lowest BCUT2D eigenvalue weighted by Gasteiger charge is -2.03. The van der Waals surface area contributed by atoms with Crippen molar-refractivity contribution in [3.05, 3.63) is 39.4 Å². The van der Waals surface area contributed by atoms with Gasteiger partial charge < -0.3 is 5.73 Å². The molecule has 0 atom stereocenters. The molecule has 0 radical (unpaired) electrons. The molecule has 0 aromatic heterocycles. The first-order chi connectivity index (χ1) is 6.56. The van der Waals surface area contributed by atoms with Crippen molar-refractivity contribution >= 4 is 22.0 Å². The van der Waals surface area contributed by atoms with E-state index in [1.807, 2.05) is 0 Å². The molecule has 0 heterocycles. The predicted octanol–water partition coefficient (Wildman–Crippen LogP) is 3.09. The van der Waals surface area contributed by atoms with Gasteiger partial charge in [0.15, 0.2) is 0 Å². The molecule has 0 unspecified atom stereocenters. The molecule has 0 aliphatic heterocycles. The van der Waals surface area contributed by atoms with Crippen LogP contribution in [0, 0.1) is 11.6 Å². The van der Waals surface area contributed by atoms with Crippen LogP contribution in [-0.4, -0.2) is 6.54 Å². The van der Waals surface area contributed by atoms with E-state index in [-0.39, 0.29) is 16.6 Å². The van der Waals surface area contributed by atoms with E-state index in [1.165, 1.54) is 18.2 Å². The van der Waals surface area contributed by atoms with Gasteiger partial charge in [-0.25, -0.2) is 8.78 Å². The van der Waals surface area contributed by atoms with Gasteiger partial charge in [-0.2, -0.15) is 0 Å². The van der Waals surface area contributed by atoms with E-state index >= 15 is 0 Å². The van der Waals surface area contributed by atoms with Crippen LogP contribution in [0.3, 0.4) is 0 Å². The van der Waals surface area contributed by atoms with Crippen LogP contribution in [0.25, 0.3) is 6.08 Å². The Morgan fingerprint density at radius 1 is 1.50 bits per heavy atom. The molecule has 0 saturated carbocycles. The van der Waals surface area contributed by atoms with Gasteiger partial charge in [0.25, 0.3) is 0 Å². The number of hydrogen-bond donors (Lipinski definition) is 1. The highest BCUT2D eigenvalue weighted by molar-refractivity contribution is 9.10. The Kier molecular flexibility index (Phi) is 3.77. The van der Waals surface area contributed by atoms with Crippen LogP contribution < -0.4 is 5.73 Å². The Labute approximate surface area is 89.7 Å². The van der Waals surface area contributed by atoms with E-state index in [2.05, 4.69) is 15.9 Å². The number of benzene rings is 1. The van der Waals surface area contributed by atoms with Crippen LogP contribution in [0.5, 0.6) is 0 Å². The van der Waals surface area contributed by atoms with Gasteiger partial charge in [-0.15, -0.1) is 0 Å². The lowest BCUT2D eigenvalue weighted by Crippen LogP contribution is -2.00. The van der Waals surface area contributed by atoms with Crippen molar-refractivity contribution in [1.29, 1.82) is 0 Å². The van der Waals surface area contributed by atoms with Gasteiger partial charge in [-0.3, -0.25) is 0 Å². The Bertz CT molecular complexity index is 375. The Balaban J connectivity index is 3.26. The molecule has 0 bridgehead atoms. The van der Waals surface area contributed by atoms with Crippen molar-refractivity contribution in [2.24, 2.45) is 5.73 Å². The molecule has 4 heteroatoms.